The number of anilines is 1. The fraction of sp³-hybridized carbons (Fsp3) is 0.421. The predicted molar refractivity (Wildman–Crippen MR) is 86.2 cm³/mol. The number of carbonyl (C=O) groups is 1. The zero-order valence-corrected chi connectivity index (χ0v) is 12.2. The molecule has 0 heterocycles. The molecule has 2 aliphatic rings. The van der Waals surface area contributed by atoms with Crippen LogP contribution < -0.4 is 5.73 Å². The minimum atomic E-state index is 0.232. The Hall–Kier alpha value is -1.83. The number of rotatable bonds is 3. The first kappa shape index (κ1) is 12.9. The third kappa shape index (κ3) is 2.23. The first-order valence-electron chi connectivity index (χ1n) is 8.02. The molecule has 0 aliphatic heterocycles. The van der Waals surface area contributed by atoms with Crippen LogP contribution in [0.25, 0.3) is 10.8 Å². The van der Waals surface area contributed by atoms with Crippen molar-refractivity contribution in [2.75, 3.05) is 5.73 Å². The monoisotopic (exact) mass is 279 g/mol. The summed E-state index contributed by atoms with van der Waals surface area (Å²) in [6.07, 6.45) is 6.00. The van der Waals surface area contributed by atoms with Crippen LogP contribution in [-0.2, 0) is 0 Å². The lowest BCUT2D eigenvalue weighted by Gasteiger charge is -2.21. The summed E-state index contributed by atoms with van der Waals surface area (Å²) in [5.74, 6) is 2.51. The van der Waals surface area contributed by atoms with Crippen molar-refractivity contribution in [3.63, 3.8) is 0 Å². The zero-order valence-electron chi connectivity index (χ0n) is 12.2. The SMILES string of the molecule is Nc1cc2ccccc2cc1C(=O)CC1CC2CCC1C2. The molecule has 0 aromatic heterocycles. The highest BCUT2D eigenvalue weighted by molar-refractivity contribution is 6.05. The summed E-state index contributed by atoms with van der Waals surface area (Å²) in [5, 5.41) is 2.20. The molecule has 4 rings (SSSR count). The summed E-state index contributed by atoms with van der Waals surface area (Å²) in [7, 11) is 0. The van der Waals surface area contributed by atoms with Crippen LogP contribution in [-0.4, -0.2) is 5.78 Å². The number of nitrogen functional groups attached to an aromatic ring is 1. The largest absolute Gasteiger partial charge is 0.398 e. The van der Waals surface area contributed by atoms with Gasteiger partial charge in [-0.3, -0.25) is 4.79 Å². The van der Waals surface area contributed by atoms with Crippen molar-refractivity contribution in [2.45, 2.75) is 32.1 Å². The van der Waals surface area contributed by atoms with Gasteiger partial charge in [0.1, 0.15) is 0 Å². The third-order valence-corrected chi connectivity index (χ3v) is 5.55. The summed E-state index contributed by atoms with van der Waals surface area (Å²) < 4.78 is 0. The Bertz CT molecular complexity index is 706. The van der Waals surface area contributed by atoms with Crippen LogP contribution in [0.1, 0.15) is 42.5 Å². The van der Waals surface area contributed by atoms with Crippen LogP contribution >= 0.6 is 0 Å². The van der Waals surface area contributed by atoms with Gasteiger partial charge in [0, 0.05) is 17.7 Å². The maximum atomic E-state index is 12.7. The highest BCUT2D eigenvalue weighted by Crippen LogP contribution is 2.49. The topological polar surface area (TPSA) is 43.1 Å². The Kier molecular flexibility index (Phi) is 2.99. The maximum absolute atomic E-state index is 12.7. The van der Waals surface area contributed by atoms with E-state index in [9.17, 15) is 4.79 Å². The molecule has 3 atom stereocenters. The fourth-order valence-corrected chi connectivity index (χ4v) is 4.47. The van der Waals surface area contributed by atoms with Crippen molar-refractivity contribution in [3.8, 4) is 0 Å². The van der Waals surface area contributed by atoms with Gasteiger partial charge in [0.25, 0.3) is 0 Å². The highest BCUT2D eigenvalue weighted by atomic mass is 16.1. The molecule has 2 nitrogen and oxygen atoms in total. The fourth-order valence-electron chi connectivity index (χ4n) is 4.47. The third-order valence-electron chi connectivity index (χ3n) is 5.55. The number of Topliss-reactive ketones (excluding diaryl/α,β-unsaturated/α-hetero) is 1. The molecule has 108 valence electrons. The Morgan fingerprint density at radius 3 is 2.52 bits per heavy atom. The summed E-state index contributed by atoms with van der Waals surface area (Å²) in [6, 6.07) is 12.0. The van der Waals surface area contributed by atoms with Crippen LogP contribution in [0.4, 0.5) is 5.69 Å². The number of hydrogen-bond acceptors (Lipinski definition) is 2. The highest BCUT2D eigenvalue weighted by Gasteiger charge is 2.40. The standard InChI is InChI=1S/C19H21NO/c20-18-10-14-4-2-1-3-13(14)9-17(18)19(21)11-16-8-12-5-6-15(16)7-12/h1-4,9-10,12,15-16H,5-8,11,20H2. The van der Waals surface area contributed by atoms with Crippen LogP contribution in [0.2, 0.25) is 0 Å². The second-order valence-corrected chi connectivity index (χ2v) is 6.85. The molecule has 0 radical (unpaired) electrons. The average Bonchev–Trinajstić information content (AvgIpc) is 3.09. The van der Waals surface area contributed by atoms with Crippen molar-refractivity contribution in [2.24, 2.45) is 17.8 Å². The van der Waals surface area contributed by atoms with Gasteiger partial charge in [-0.25, -0.2) is 0 Å². The molecule has 3 unspecified atom stereocenters. The minimum absolute atomic E-state index is 0.232. The number of carbonyl (C=O) groups excluding carboxylic acids is 1. The zero-order chi connectivity index (χ0) is 14.4. The van der Waals surface area contributed by atoms with Gasteiger partial charge in [-0.1, -0.05) is 30.7 Å². The summed E-state index contributed by atoms with van der Waals surface area (Å²) >= 11 is 0. The molecule has 2 fully saturated rings. The van der Waals surface area contributed by atoms with E-state index >= 15 is 0 Å². The average molecular weight is 279 g/mol. The summed E-state index contributed by atoms with van der Waals surface area (Å²) in [6.45, 7) is 0. The first-order chi connectivity index (χ1) is 10.2. The van der Waals surface area contributed by atoms with Crippen molar-refractivity contribution in [1.82, 2.24) is 0 Å². The van der Waals surface area contributed by atoms with E-state index in [2.05, 4.69) is 0 Å². The molecule has 2 aromatic rings. The minimum Gasteiger partial charge on any atom is -0.398 e. The lowest BCUT2D eigenvalue weighted by Crippen LogP contribution is -2.16. The number of nitrogens with two attached hydrogens (primary N) is 1. The molecule has 0 spiro atoms. The van der Waals surface area contributed by atoms with Gasteiger partial charge in [-0.2, -0.15) is 0 Å². The second kappa shape index (κ2) is 4.87. The van der Waals surface area contributed by atoms with Crippen molar-refractivity contribution < 1.29 is 4.79 Å². The molecular weight excluding hydrogens is 258 g/mol. The Morgan fingerprint density at radius 1 is 1.10 bits per heavy atom. The first-order valence-corrected chi connectivity index (χ1v) is 8.02. The van der Waals surface area contributed by atoms with E-state index in [0.29, 0.717) is 18.0 Å². The van der Waals surface area contributed by atoms with E-state index in [1.807, 2.05) is 36.4 Å². The summed E-state index contributed by atoms with van der Waals surface area (Å²) in [5.41, 5.74) is 7.46. The lowest BCUT2D eigenvalue weighted by molar-refractivity contribution is 0.0945. The predicted octanol–water partition coefficient (Wildman–Crippen LogP) is 4.43. The molecule has 2 saturated carbocycles. The molecule has 0 saturated heterocycles. The van der Waals surface area contributed by atoms with Gasteiger partial charge in [0.2, 0.25) is 0 Å². The Balaban J connectivity index is 1.60. The van der Waals surface area contributed by atoms with E-state index in [1.54, 1.807) is 0 Å². The molecule has 2 aliphatic carbocycles. The molecular formula is C19H21NO. The van der Waals surface area contributed by atoms with Crippen molar-refractivity contribution in [1.29, 1.82) is 0 Å². The van der Waals surface area contributed by atoms with Crippen molar-refractivity contribution >= 4 is 22.2 Å². The number of ketones is 1. The Morgan fingerprint density at radius 2 is 1.86 bits per heavy atom. The lowest BCUT2D eigenvalue weighted by atomic mass is 9.84. The van der Waals surface area contributed by atoms with E-state index < -0.39 is 0 Å². The molecule has 2 aromatic carbocycles. The molecule has 21 heavy (non-hydrogen) atoms. The van der Waals surface area contributed by atoms with Gasteiger partial charge in [0.15, 0.2) is 5.78 Å². The van der Waals surface area contributed by atoms with Crippen molar-refractivity contribution in [3.05, 3.63) is 42.0 Å². The quantitative estimate of drug-likeness (QED) is 0.667. The maximum Gasteiger partial charge on any atom is 0.165 e. The molecule has 0 amide bonds. The number of hydrogen-bond donors (Lipinski definition) is 1. The molecule has 2 heteroatoms. The Labute approximate surface area is 125 Å². The number of fused-ring (bicyclic) bond motifs is 3. The molecule has 2 N–H and O–H groups in total. The van der Waals surface area contributed by atoms with Gasteiger partial charge < -0.3 is 5.73 Å². The van der Waals surface area contributed by atoms with Crippen LogP contribution in [0.5, 0.6) is 0 Å². The smallest absolute Gasteiger partial charge is 0.165 e. The van der Waals surface area contributed by atoms with Gasteiger partial charge in [0.05, 0.1) is 0 Å². The van der Waals surface area contributed by atoms with Gasteiger partial charge in [-0.15, -0.1) is 0 Å². The van der Waals surface area contributed by atoms with Crippen LogP contribution in [0, 0.1) is 17.8 Å². The van der Waals surface area contributed by atoms with E-state index in [1.165, 1.54) is 25.7 Å². The van der Waals surface area contributed by atoms with E-state index in [4.69, 9.17) is 5.73 Å². The van der Waals surface area contributed by atoms with Gasteiger partial charge in [-0.05, 0) is 59.9 Å². The second-order valence-electron chi connectivity index (χ2n) is 6.85. The van der Waals surface area contributed by atoms with Crippen LogP contribution in [0.3, 0.4) is 0 Å². The van der Waals surface area contributed by atoms with Crippen LogP contribution in [0.15, 0.2) is 36.4 Å². The summed E-state index contributed by atoms with van der Waals surface area (Å²) in [4.78, 5) is 12.7. The van der Waals surface area contributed by atoms with E-state index in [0.717, 1.165) is 28.2 Å². The van der Waals surface area contributed by atoms with Gasteiger partial charge >= 0.3 is 0 Å². The van der Waals surface area contributed by atoms with E-state index in [-0.39, 0.29) is 5.78 Å². The molecule has 2 bridgehead atoms. The number of benzene rings is 2. The normalized spacial score (nSPS) is 27.3.